The maximum atomic E-state index is 11.5. The first-order valence-electron chi connectivity index (χ1n) is 5.45. The molecule has 1 heterocycles. The SMILES string of the molecule is Cc1cc(=O)[nH]c2c(CC(C)N)cccc12. The second kappa shape index (κ2) is 4.10. The van der Waals surface area contributed by atoms with Crippen LogP contribution in [-0.2, 0) is 6.42 Å². The number of hydrogen-bond acceptors (Lipinski definition) is 2. The van der Waals surface area contributed by atoms with Crippen LogP contribution in [0.15, 0.2) is 29.1 Å². The highest BCUT2D eigenvalue weighted by atomic mass is 16.1. The van der Waals surface area contributed by atoms with Crippen molar-refractivity contribution in [1.82, 2.24) is 4.98 Å². The van der Waals surface area contributed by atoms with Crippen LogP contribution in [0.3, 0.4) is 0 Å². The number of fused-ring (bicyclic) bond motifs is 1. The number of aromatic nitrogens is 1. The van der Waals surface area contributed by atoms with Crippen molar-refractivity contribution >= 4 is 10.9 Å². The van der Waals surface area contributed by atoms with Gasteiger partial charge in [0.15, 0.2) is 0 Å². The minimum atomic E-state index is -0.0536. The van der Waals surface area contributed by atoms with Crippen LogP contribution in [0.4, 0.5) is 0 Å². The molecule has 0 bridgehead atoms. The molecular formula is C13H16N2O. The Morgan fingerprint density at radius 1 is 1.44 bits per heavy atom. The number of para-hydroxylation sites is 1. The summed E-state index contributed by atoms with van der Waals surface area (Å²) in [5.74, 6) is 0. The van der Waals surface area contributed by atoms with Crippen LogP contribution in [0.25, 0.3) is 10.9 Å². The molecular weight excluding hydrogens is 200 g/mol. The number of H-pyrrole nitrogens is 1. The molecule has 0 saturated heterocycles. The Kier molecular flexibility index (Phi) is 2.79. The van der Waals surface area contributed by atoms with Crippen molar-refractivity contribution in [3.8, 4) is 0 Å². The molecule has 1 aromatic heterocycles. The van der Waals surface area contributed by atoms with Gasteiger partial charge in [0.05, 0.1) is 5.52 Å². The largest absolute Gasteiger partial charge is 0.328 e. The number of nitrogens with two attached hydrogens (primary N) is 1. The lowest BCUT2D eigenvalue weighted by Gasteiger charge is -2.09. The third-order valence-electron chi connectivity index (χ3n) is 2.71. The van der Waals surface area contributed by atoms with Gasteiger partial charge in [-0.2, -0.15) is 0 Å². The van der Waals surface area contributed by atoms with E-state index in [1.807, 2.05) is 32.0 Å². The van der Waals surface area contributed by atoms with Gasteiger partial charge >= 0.3 is 0 Å². The molecule has 0 aliphatic carbocycles. The number of aryl methyl sites for hydroxylation is 1. The van der Waals surface area contributed by atoms with Gasteiger partial charge in [-0.25, -0.2) is 0 Å². The molecule has 3 N–H and O–H groups in total. The fourth-order valence-electron chi connectivity index (χ4n) is 2.03. The van der Waals surface area contributed by atoms with E-state index in [-0.39, 0.29) is 11.6 Å². The van der Waals surface area contributed by atoms with Crippen LogP contribution in [0.2, 0.25) is 0 Å². The van der Waals surface area contributed by atoms with Crippen molar-refractivity contribution in [3.05, 3.63) is 45.7 Å². The molecule has 3 nitrogen and oxygen atoms in total. The maximum Gasteiger partial charge on any atom is 0.248 e. The molecule has 16 heavy (non-hydrogen) atoms. The third-order valence-corrected chi connectivity index (χ3v) is 2.71. The third kappa shape index (κ3) is 1.99. The second-order valence-corrected chi connectivity index (χ2v) is 4.34. The topological polar surface area (TPSA) is 58.9 Å². The van der Waals surface area contributed by atoms with E-state index in [2.05, 4.69) is 4.98 Å². The van der Waals surface area contributed by atoms with E-state index in [9.17, 15) is 4.79 Å². The van der Waals surface area contributed by atoms with E-state index in [1.54, 1.807) is 6.07 Å². The van der Waals surface area contributed by atoms with Gasteiger partial charge in [-0.05, 0) is 31.4 Å². The summed E-state index contributed by atoms with van der Waals surface area (Å²) >= 11 is 0. The van der Waals surface area contributed by atoms with Gasteiger partial charge < -0.3 is 10.7 Å². The molecule has 0 fully saturated rings. The lowest BCUT2D eigenvalue weighted by molar-refractivity contribution is 0.740. The molecule has 2 aromatic rings. The Morgan fingerprint density at radius 3 is 2.88 bits per heavy atom. The van der Waals surface area contributed by atoms with E-state index in [0.29, 0.717) is 0 Å². The van der Waals surface area contributed by atoms with Crippen LogP contribution >= 0.6 is 0 Å². The minimum Gasteiger partial charge on any atom is -0.328 e. The van der Waals surface area contributed by atoms with Crippen LogP contribution < -0.4 is 11.3 Å². The average Bonchev–Trinajstić information content (AvgIpc) is 2.18. The molecule has 0 aliphatic heterocycles. The normalized spacial score (nSPS) is 12.9. The van der Waals surface area contributed by atoms with Gasteiger partial charge in [0.2, 0.25) is 5.56 Å². The maximum absolute atomic E-state index is 11.5. The number of nitrogens with one attached hydrogen (secondary N) is 1. The van der Waals surface area contributed by atoms with Crippen LogP contribution in [0, 0.1) is 6.92 Å². The van der Waals surface area contributed by atoms with Crippen LogP contribution in [0.5, 0.6) is 0 Å². The summed E-state index contributed by atoms with van der Waals surface area (Å²) in [5, 5.41) is 1.10. The van der Waals surface area contributed by atoms with Crippen molar-refractivity contribution in [3.63, 3.8) is 0 Å². The second-order valence-electron chi connectivity index (χ2n) is 4.34. The molecule has 1 atom stereocenters. The summed E-state index contributed by atoms with van der Waals surface area (Å²) in [5.41, 5.74) is 8.78. The summed E-state index contributed by atoms with van der Waals surface area (Å²) in [7, 11) is 0. The zero-order valence-corrected chi connectivity index (χ0v) is 9.58. The number of pyridine rings is 1. The smallest absolute Gasteiger partial charge is 0.248 e. The molecule has 0 radical (unpaired) electrons. The summed E-state index contributed by atoms with van der Waals surface area (Å²) in [6, 6.07) is 7.75. The van der Waals surface area contributed by atoms with Gasteiger partial charge in [-0.15, -0.1) is 0 Å². The van der Waals surface area contributed by atoms with Crippen molar-refractivity contribution in [2.75, 3.05) is 0 Å². The summed E-state index contributed by atoms with van der Waals surface area (Å²) in [6.45, 7) is 3.92. The van der Waals surface area contributed by atoms with Crippen molar-refractivity contribution in [2.24, 2.45) is 5.73 Å². The molecule has 0 saturated carbocycles. The Labute approximate surface area is 94.3 Å². The monoisotopic (exact) mass is 216 g/mol. The fourth-order valence-corrected chi connectivity index (χ4v) is 2.03. The fraction of sp³-hybridized carbons (Fsp3) is 0.308. The Morgan fingerprint density at radius 2 is 2.19 bits per heavy atom. The Hall–Kier alpha value is -1.61. The predicted molar refractivity (Wildman–Crippen MR) is 66.7 cm³/mol. The molecule has 0 aliphatic rings. The van der Waals surface area contributed by atoms with E-state index >= 15 is 0 Å². The molecule has 0 amide bonds. The van der Waals surface area contributed by atoms with Crippen LogP contribution in [0.1, 0.15) is 18.1 Å². The molecule has 1 aromatic carbocycles. The van der Waals surface area contributed by atoms with Crippen molar-refractivity contribution < 1.29 is 0 Å². The van der Waals surface area contributed by atoms with E-state index in [4.69, 9.17) is 5.73 Å². The van der Waals surface area contributed by atoms with Gasteiger partial charge in [-0.1, -0.05) is 18.2 Å². The van der Waals surface area contributed by atoms with E-state index in [0.717, 1.165) is 28.5 Å². The first-order valence-corrected chi connectivity index (χ1v) is 5.45. The summed E-state index contributed by atoms with van der Waals surface area (Å²) < 4.78 is 0. The van der Waals surface area contributed by atoms with E-state index < -0.39 is 0 Å². The van der Waals surface area contributed by atoms with Gasteiger partial charge in [0, 0.05) is 17.5 Å². The lowest BCUT2D eigenvalue weighted by atomic mass is 10.0. The molecule has 1 unspecified atom stereocenters. The highest BCUT2D eigenvalue weighted by molar-refractivity contribution is 5.84. The van der Waals surface area contributed by atoms with Crippen molar-refractivity contribution in [1.29, 1.82) is 0 Å². The lowest BCUT2D eigenvalue weighted by Crippen LogP contribution is -2.18. The number of benzene rings is 1. The quantitative estimate of drug-likeness (QED) is 0.803. The Balaban J connectivity index is 2.71. The zero-order chi connectivity index (χ0) is 11.7. The molecule has 84 valence electrons. The standard InChI is InChI=1S/C13H16N2O/c1-8-6-12(16)15-13-10(7-9(2)14)4-3-5-11(8)13/h3-6,9H,7,14H2,1-2H3,(H,15,16). The number of aromatic amines is 1. The zero-order valence-electron chi connectivity index (χ0n) is 9.58. The predicted octanol–water partition coefficient (Wildman–Crippen LogP) is 1.73. The summed E-state index contributed by atoms with van der Waals surface area (Å²) in [4.78, 5) is 14.3. The summed E-state index contributed by atoms with van der Waals surface area (Å²) in [6.07, 6.45) is 0.775. The van der Waals surface area contributed by atoms with Gasteiger partial charge in [0.25, 0.3) is 0 Å². The average molecular weight is 216 g/mol. The minimum absolute atomic E-state index is 0.0536. The van der Waals surface area contributed by atoms with Gasteiger partial charge in [0.1, 0.15) is 0 Å². The highest BCUT2D eigenvalue weighted by Crippen LogP contribution is 2.19. The van der Waals surface area contributed by atoms with Crippen molar-refractivity contribution in [2.45, 2.75) is 26.3 Å². The highest BCUT2D eigenvalue weighted by Gasteiger charge is 2.06. The number of hydrogen-bond donors (Lipinski definition) is 2. The first-order chi connectivity index (χ1) is 7.58. The van der Waals surface area contributed by atoms with E-state index in [1.165, 1.54) is 0 Å². The van der Waals surface area contributed by atoms with Gasteiger partial charge in [-0.3, -0.25) is 4.79 Å². The molecule has 2 rings (SSSR count). The Bertz CT molecular complexity index is 570. The first kappa shape index (κ1) is 10.9. The van der Waals surface area contributed by atoms with Crippen LogP contribution in [-0.4, -0.2) is 11.0 Å². The number of rotatable bonds is 2. The molecule has 3 heteroatoms. The molecule has 0 spiro atoms.